The number of thioether (sulfide) groups is 1. The highest BCUT2D eigenvalue weighted by Crippen LogP contribution is 2.34. The molecule has 182 valence electrons. The minimum Gasteiger partial charge on any atom is -0.478 e. The molecule has 1 saturated heterocycles. The van der Waals surface area contributed by atoms with E-state index in [4.69, 9.17) is 17.3 Å². The lowest BCUT2D eigenvalue weighted by Crippen LogP contribution is -2.31. The van der Waals surface area contributed by atoms with Crippen LogP contribution in [0.1, 0.15) is 32.7 Å². The molecule has 3 rings (SSSR count). The van der Waals surface area contributed by atoms with Crippen molar-refractivity contribution in [3.8, 4) is 5.75 Å². The number of nitrogens with zero attached hydrogens (tertiary/aromatic N) is 1. The van der Waals surface area contributed by atoms with Gasteiger partial charge >= 0.3 is 18.6 Å². The number of carbonyl (C=O) groups is 4. The molecule has 35 heavy (non-hydrogen) atoms. The summed E-state index contributed by atoms with van der Waals surface area (Å²) in [7, 11) is 0. The summed E-state index contributed by atoms with van der Waals surface area (Å²) >= 11 is 6.12. The van der Waals surface area contributed by atoms with Crippen LogP contribution in [0.5, 0.6) is 5.75 Å². The van der Waals surface area contributed by atoms with Gasteiger partial charge in [0.1, 0.15) is 10.1 Å². The largest absolute Gasteiger partial charge is 0.478 e. The number of nitrogens with one attached hydrogen (secondary N) is 1. The van der Waals surface area contributed by atoms with Crippen molar-refractivity contribution in [1.82, 2.24) is 4.90 Å². The Hall–Kier alpha value is -3.84. The lowest BCUT2D eigenvalue weighted by Gasteiger charge is -2.15. The van der Waals surface area contributed by atoms with E-state index >= 15 is 0 Å². The first-order valence-electron chi connectivity index (χ1n) is 9.76. The molecule has 0 bridgehead atoms. The first-order valence-corrected chi connectivity index (χ1v) is 11.0. The third kappa shape index (κ3) is 6.39. The van der Waals surface area contributed by atoms with Crippen molar-refractivity contribution in [1.29, 1.82) is 0 Å². The number of anilines is 1. The van der Waals surface area contributed by atoms with Crippen LogP contribution in [0.25, 0.3) is 6.08 Å². The fraction of sp³-hybridized carbons (Fsp3) is 0.136. The Bertz CT molecular complexity index is 1250. The zero-order valence-electron chi connectivity index (χ0n) is 17.6. The van der Waals surface area contributed by atoms with Crippen LogP contribution in [0.3, 0.4) is 0 Å². The summed E-state index contributed by atoms with van der Waals surface area (Å²) in [5.74, 6) is -4.01. The number of para-hydroxylation sites is 1. The molecule has 0 radical (unpaired) electrons. The molecule has 0 spiro atoms. The van der Waals surface area contributed by atoms with E-state index in [2.05, 4.69) is 10.1 Å². The minimum atomic E-state index is -3.05. The molecule has 13 heteroatoms. The van der Waals surface area contributed by atoms with Crippen LogP contribution in [0, 0.1) is 0 Å². The Morgan fingerprint density at radius 3 is 2.51 bits per heavy atom. The number of benzene rings is 2. The van der Waals surface area contributed by atoms with Crippen LogP contribution in [0.4, 0.5) is 14.5 Å². The van der Waals surface area contributed by atoms with Crippen LogP contribution in [-0.2, 0) is 9.59 Å². The van der Waals surface area contributed by atoms with Crippen LogP contribution >= 0.6 is 24.0 Å². The number of rotatable bonds is 9. The number of amides is 2. The first kappa shape index (κ1) is 25.8. The fourth-order valence-corrected chi connectivity index (χ4v) is 4.33. The third-order valence-electron chi connectivity index (χ3n) is 4.63. The van der Waals surface area contributed by atoms with E-state index < -0.39 is 30.4 Å². The average molecular weight is 523 g/mol. The number of ether oxygens (including phenoxy) is 1. The van der Waals surface area contributed by atoms with Gasteiger partial charge < -0.3 is 20.3 Å². The maximum absolute atomic E-state index is 12.8. The van der Waals surface area contributed by atoms with Gasteiger partial charge in [0.05, 0.1) is 21.7 Å². The van der Waals surface area contributed by atoms with Gasteiger partial charge in [0, 0.05) is 18.5 Å². The molecule has 1 heterocycles. The summed E-state index contributed by atoms with van der Waals surface area (Å²) in [4.78, 5) is 49.0. The first-order chi connectivity index (χ1) is 16.6. The number of aromatic carboxylic acids is 2. The number of halogens is 2. The predicted octanol–water partition coefficient (Wildman–Crippen LogP) is 3.91. The van der Waals surface area contributed by atoms with Crippen LogP contribution in [0.15, 0.2) is 47.4 Å². The lowest BCUT2D eigenvalue weighted by molar-refractivity contribution is -0.122. The van der Waals surface area contributed by atoms with Crippen LogP contribution in [-0.4, -0.2) is 56.3 Å². The van der Waals surface area contributed by atoms with Gasteiger partial charge in [-0.3, -0.25) is 14.5 Å². The monoisotopic (exact) mass is 522 g/mol. The van der Waals surface area contributed by atoms with Gasteiger partial charge in [-0.15, -0.1) is 0 Å². The maximum Gasteiger partial charge on any atom is 0.387 e. The molecule has 1 aliphatic heterocycles. The number of carboxylic acids is 2. The molecule has 0 unspecified atom stereocenters. The average Bonchev–Trinajstić information content (AvgIpc) is 3.05. The Labute approximate surface area is 206 Å². The summed E-state index contributed by atoms with van der Waals surface area (Å²) in [6.07, 6.45) is 1.08. The zero-order valence-corrected chi connectivity index (χ0v) is 19.2. The van der Waals surface area contributed by atoms with Crippen molar-refractivity contribution in [2.45, 2.75) is 13.0 Å². The van der Waals surface area contributed by atoms with Crippen molar-refractivity contribution in [2.75, 3.05) is 11.9 Å². The van der Waals surface area contributed by atoms with Gasteiger partial charge in [-0.1, -0.05) is 42.2 Å². The van der Waals surface area contributed by atoms with E-state index in [0.717, 1.165) is 34.9 Å². The minimum absolute atomic E-state index is 0.120. The fourth-order valence-electron chi connectivity index (χ4n) is 3.03. The molecule has 3 N–H and O–H groups in total. The molecule has 2 amide bonds. The highest BCUT2D eigenvalue weighted by Gasteiger charge is 2.32. The number of alkyl halides is 2. The topological polar surface area (TPSA) is 133 Å². The molecule has 0 aliphatic carbocycles. The SMILES string of the molecule is O=C(CCN1C(=O)/C(=C/c2ccccc2OC(F)F)SC1=S)Nc1cc(C(=O)O)ccc1C(=O)O. The van der Waals surface area contributed by atoms with E-state index in [1.807, 2.05) is 0 Å². The molecule has 0 atom stereocenters. The van der Waals surface area contributed by atoms with Gasteiger partial charge in [0.25, 0.3) is 5.91 Å². The summed E-state index contributed by atoms with van der Waals surface area (Å²) in [6.45, 7) is -3.19. The van der Waals surface area contributed by atoms with Crippen LogP contribution in [0.2, 0.25) is 0 Å². The van der Waals surface area contributed by atoms with E-state index in [0.29, 0.717) is 0 Å². The molecule has 0 saturated carbocycles. The van der Waals surface area contributed by atoms with Crippen molar-refractivity contribution < 1.29 is 42.9 Å². The molecule has 9 nitrogen and oxygen atoms in total. The number of carboxylic acid groups (broad SMARTS) is 2. The molecular weight excluding hydrogens is 506 g/mol. The van der Waals surface area contributed by atoms with E-state index in [9.17, 15) is 33.1 Å². The Morgan fingerprint density at radius 1 is 1.14 bits per heavy atom. The second-order valence-corrected chi connectivity index (χ2v) is 8.59. The van der Waals surface area contributed by atoms with Crippen molar-refractivity contribution >= 4 is 63.8 Å². The number of hydrogen-bond donors (Lipinski definition) is 3. The zero-order chi connectivity index (χ0) is 25.7. The molecule has 1 aliphatic rings. The quantitative estimate of drug-likeness (QED) is 0.331. The Kier molecular flexibility index (Phi) is 8.14. The van der Waals surface area contributed by atoms with Crippen LogP contribution < -0.4 is 10.1 Å². The molecule has 1 fully saturated rings. The molecular formula is C22H16F2N2O7S2. The lowest BCUT2D eigenvalue weighted by atomic mass is 10.1. The summed E-state index contributed by atoms with van der Waals surface area (Å²) in [5.41, 5.74) is -0.487. The Morgan fingerprint density at radius 2 is 1.86 bits per heavy atom. The molecule has 2 aromatic carbocycles. The number of hydrogen-bond acceptors (Lipinski definition) is 7. The van der Waals surface area contributed by atoms with Crippen molar-refractivity contribution in [3.63, 3.8) is 0 Å². The number of thiocarbonyl (C=S) groups is 1. The predicted molar refractivity (Wildman–Crippen MR) is 127 cm³/mol. The smallest absolute Gasteiger partial charge is 0.387 e. The number of carbonyl (C=O) groups excluding carboxylic acids is 2. The normalized spacial score (nSPS) is 14.5. The Balaban J connectivity index is 1.70. The van der Waals surface area contributed by atoms with E-state index in [1.54, 1.807) is 6.07 Å². The van der Waals surface area contributed by atoms with Crippen molar-refractivity contribution in [3.05, 3.63) is 64.1 Å². The molecule has 2 aromatic rings. The second-order valence-electron chi connectivity index (χ2n) is 6.92. The molecule has 0 aromatic heterocycles. The van der Waals surface area contributed by atoms with Crippen molar-refractivity contribution in [2.24, 2.45) is 0 Å². The van der Waals surface area contributed by atoms with Gasteiger partial charge in [0.15, 0.2) is 0 Å². The maximum atomic E-state index is 12.8. The standard InChI is InChI=1S/C22H16F2N2O7S2/c23-21(24)33-15-4-2-1-3-11(15)10-16-18(28)26(22(34)35-16)8-7-17(27)25-14-9-12(19(29)30)5-6-13(14)20(31)32/h1-6,9-10,21H,7-8H2,(H,25,27)(H,29,30)(H,31,32)/b16-10-. The van der Waals surface area contributed by atoms with Gasteiger partial charge in [-0.05, 0) is 30.3 Å². The second kappa shape index (κ2) is 11.1. The van der Waals surface area contributed by atoms with E-state index in [-0.39, 0.29) is 50.3 Å². The highest BCUT2D eigenvalue weighted by molar-refractivity contribution is 8.26. The highest BCUT2D eigenvalue weighted by atomic mass is 32.2. The summed E-state index contributed by atoms with van der Waals surface area (Å²) < 4.78 is 29.9. The van der Waals surface area contributed by atoms with Gasteiger partial charge in [-0.2, -0.15) is 8.78 Å². The third-order valence-corrected chi connectivity index (χ3v) is 6.01. The summed E-state index contributed by atoms with van der Waals surface area (Å²) in [6, 6.07) is 9.07. The van der Waals surface area contributed by atoms with E-state index in [1.165, 1.54) is 24.3 Å². The van der Waals surface area contributed by atoms with Gasteiger partial charge in [0.2, 0.25) is 5.91 Å². The van der Waals surface area contributed by atoms with Gasteiger partial charge in [-0.25, -0.2) is 9.59 Å². The summed E-state index contributed by atoms with van der Waals surface area (Å²) in [5, 5.41) is 20.7.